The summed E-state index contributed by atoms with van der Waals surface area (Å²) in [5.41, 5.74) is -4.22. The average Bonchev–Trinajstić information content (AvgIpc) is 3.36. The molecule has 0 N–H and O–H groups in total. The van der Waals surface area contributed by atoms with Gasteiger partial charge in [0.15, 0.2) is 0 Å². The van der Waals surface area contributed by atoms with Gasteiger partial charge in [-0.15, -0.1) is 0 Å². The van der Waals surface area contributed by atoms with Crippen LogP contribution in [0.15, 0.2) is 66.1 Å². The molecular weight excluding hydrogens is 451 g/mol. The number of benzene rings is 1. The molecule has 1 aromatic carbocycles. The van der Waals surface area contributed by atoms with Gasteiger partial charge in [-0.2, -0.15) is 18.3 Å². The van der Waals surface area contributed by atoms with Crippen LogP contribution in [0, 0.1) is 0 Å². The van der Waals surface area contributed by atoms with Gasteiger partial charge in [0.1, 0.15) is 6.54 Å². The van der Waals surface area contributed by atoms with Crippen molar-refractivity contribution in [3.8, 4) is 5.69 Å². The number of carbonyl (C=O) groups excluding carboxylic acids is 2. The molecule has 0 radical (unpaired) electrons. The van der Waals surface area contributed by atoms with Gasteiger partial charge in [-0.05, 0) is 36.4 Å². The van der Waals surface area contributed by atoms with E-state index in [4.69, 9.17) is 0 Å². The number of sulfone groups is 1. The van der Waals surface area contributed by atoms with Crippen LogP contribution >= 0.6 is 0 Å². The zero-order chi connectivity index (χ0) is 23.1. The highest BCUT2D eigenvalue weighted by Gasteiger charge is 2.47. The van der Waals surface area contributed by atoms with Gasteiger partial charge < -0.3 is 4.90 Å². The number of halogens is 3. The van der Waals surface area contributed by atoms with Gasteiger partial charge in [0.25, 0.3) is 15.7 Å². The number of amides is 3. The maximum atomic E-state index is 12.9. The van der Waals surface area contributed by atoms with Gasteiger partial charge in [0.05, 0.1) is 29.0 Å². The topological polar surface area (TPSA) is 105 Å². The Hall–Kier alpha value is -3.74. The minimum Gasteiger partial charge on any atom is -0.310 e. The lowest BCUT2D eigenvalue weighted by Crippen LogP contribution is -2.33. The lowest BCUT2D eigenvalue weighted by molar-refractivity contribution is -0.116. The number of nitrogens with zero attached hydrogens (tertiary/aromatic N) is 5. The van der Waals surface area contributed by atoms with Crippen LogP contribution in [0.25, 0.3) is 5.69 Å². The minimum atomic E-state index is -5.53. The van der Waals surface area contributed by atoms with Crippen LogP contribution < -0.4 is 4.90 Å². The summed E-state index contributed by atoms with van der Waals surface area (Å²) in [5, 5.41) is 4.13. The van der Waals surface area contributed by atoms with E-state index in [0.717, 1.165) is 17.0 Å². The monoisotopic (exact) mass is 465 g/mol. The molecule has 0 bridgehead atoms. The van der Waals surface area contributed by atoms with Gasteiger partial charge in [-0.1, -0.05) is 0 Å². The van der Waals surface area contributed by atoms with Gasteiger partial charge in [0.2, 0.25) is 0 Å². The number of alkyl halides is 3. The van der Waals surface area contributed by atoms with Gasteiger partial charge in [-0.3, -0.25) is 9.78 Å². The fraction of sp³-hybridized carbons (Fsp3) is 0.158. The van der Waals surface area contributed by atoms with Crippen LogP contribution in [0.1, 0.15) is 5.56 Å². The van der Waals surface area contributed by atoms with E-state index in [1.54, 1.807) is 35.4 Å². The molecule has 0 aliphatic carbocycles. The molecule has 3 heterocycles. The third kappa shape index (κ3) is 3.70. The molecule has 1 fully saturated rings. The van der Waals surface area contributed by atoms with Gasteiger partial charge >= 0.3 is 11.5 Å². The Balaban J connectivity index is 1.57. The summed E-state index contributed by atoms with van der Waals surface area (Å²) in [6.07, 6.45) is 6.36. The first-order valence-corrected chi connectivity index (χ1v) is 10.5. The summed E-state index contributed by atoms with van der Waals surface area (Å²) in [5.74, 6) is -0.601. The SMILES string of the molecule is O=C1CN(Cc2ccncc2-n2cccn2)C(=O)N1c1ccc(S(=O)(=O)C(F)(F)F)cc1. The normalized spacial score (nSPS) is 15.0. The van der Waals surface area contributed by atoms with Crippen molar-refractivity contribution in [3.63, 3.8) is 0 Å². The van der Waals surface area contributed by atoms with Crippen molar-refractivity contribution in [3.05, 3.63) is 66.7 Å². The summed E-state index contributed by atoms with van der Waals surface area (Å²) in [7, 11) is -5.53. The van der Waals surface area contributed by atoms with Crippen molar-refractivity contribution in [1.29, 1.82) is 0 Å². The minimum absolute atomic E-state index is 0.0364. The highest BCUT2D eigenvalue weighted by atomic mass is 32.2. The van der Waals surface area contributed by atoms with Crippen molar-refractivity contribution in [2.45, 2.75) is 16.9 Å². The third-order valence-corrected chi connectivity index (χ3v) is 6.25. The fourth-order valence-electron chi connectivity index (χ4n) is 3.21. The second-order valence-electron chi connectivity index (χ2n) is 6.77. The Kier molecular flexibility index (Phi) is 5.20. The number of imide groups is 1. The quantitative estimate of drug-likeness (QED) is 0.537. The van der Waals surface area contributed by atoms with E-state index in [1.165, 1.54) is 11.1 Å². The van der Waals surface area contributed by atoms with Crippen LogP contribution in [0.3, 0.4) is 0 Å². The Labute approximate surface area is 179 Å². The van der Waals surface area contributed by atoms with Crippen LogP contribution in [-0.4, -0.2) is 52.1 Å². The maximum absolute atomic E-state index is 12.9. The zero-order valence-electron chi connectivity index (χ0n) is 16.1. The Morgan fingerprint density at radius 1 is 1.03 bits per heavy atom. The Bertz CT molecular complexity index is 1280. The molecule has 4 rings (SSSR count). The van der Waals surface area contributed by atoms with Crippen LogP contribution in [0.2, 0.25) is 0 Å². The van der Waals surface area contributed by atoms with Crippen LogP contribution in [-0.2, 0) is 21.2 Å². The van der Waals surface area contributed by atoms with E-state index in [0.29, 0.717) is 23.4 Å². The fourth-order valence-corrected chi connectivity index (χ4v) is 3.97. The number of hydrogen-bond acceptors (Lipinski definition) is 6. The van der Waals surface area contributed by atoms with Crippen molar-refractivity contribution in [1.82, 2.24) is 19.7 Å². The van der Waals surface area contributed by atoms with E-state index in [1.807, 2.05) is 0 Å². The Morgan fingerprint density at radius 2 is 1.75 bits per heavy atom. The molecule has 9 nitrogen and oxygen atoms in total. The number of aromatic nitrogens is 3. The molecule has 0 spiro atoms. The standard InChI is InChI=1S/C19H14F3N5O4S/c20-19(21,22)32(30,31)15-4-2-14(3-5-15)27-17(28)12-25(18(27)29)11-13-6-8-23-10-16(13)26-9-1-7-24-26/h1-10H,11-12H2. The Morgan fingerprint density at radius 3 is 2.38 bits per heavy atom. The molecule has 166 valence electrons. The van der Waals surface area contributed by atoms with Crippen molar-refractivity contribution in [2.24, 2.45) is 0 Å². The van der Waals surface area contributed by atoms with Crippen LogP contribution in [0.5, 0.6) is 0 Å². The van der Waals surface area contributed by atoms with E-state index >= 15 is 0 Å². The summed E-state index contributed by atoms with van der Waals surface area (Å²) in [6.45, 7) is -0.207. The molecule has 3 aromatic rings. The number of anilines is 1. The second kappa shape index (κ2) is 7.75. The van der Waals surface area contributed by atoms with Crippen molar-refractivity contribution in [2.75, 3.05) is 11.4 Å². The predicted octanol–water partition coefficient (Wildman–Crippen LogP) is 2.53. The summed E-state index contributed by atoms with van der Waals surface area (Å²) in [6, 6.07) is 6.09. The number of rotatable bonds is 5. The molecule has 1 saturated heterocycles. The molecule has 13 heteroatoms. The van der Waals surface area contributed by atoms with Gasteiger partial charge in [0, 0.05) is 24.2 Å². The van der Waals surface area contributed by atoms with Gasteiger partial charge in [-0.25, -0.2) is 22.8 Å². The highest BCUT2D eigenvalue weighted by Crippen LogP contribution is 2.32. The number of hydrogen-bond donors (Lipinski definition) is 0. The molecule has 1 aliphatic rings. The predicted molar refractivity (Wildman–Crippen MR) is 104 cm³/mol. The molecule has 0 unspecified atom stereocenters. The van der Waals surface area contributed by atoms with Crippen molar-refractivity contribution < 1.29 is 31.2 Å². The summed E-state index contributed by atoms with van der Waals surface area (Å²) in [4.78, 5) is 30.4. The smallest absolute Gasteiger partial charge is 0.310 e. The molecule has 1 aliphatic heterocycles. The van der Waals surface area contributed by atoms with E-state index in [-0.39, 0.29) is 18.8 Å². The first-order chi connectivity index (χ1) is 15.1. The molecule has 3 amide bonds. The first kappa shape index (κ1) is 21.5. The van der Waals surface area contributed by atoms with Crippen LogP contribution in [0.4, 0.5) is 23.7 Å². The zero-order valence-corrected chi connectivity index (χ0v) is 16.9. The largest absolute Gasteiger partial charge is 0.501 e. The highest BCUT2D eigenvalue weighted by molar-refractivity contribution is 7.92. The molecule has 32 heavy (non-hydrogen) atoms. The molecule has 0 atom stereocenters. The summed E-state index contributed by atoms with van der Waals surface area (Å²) < 4.78 is 62.7. The third-order valence-electron chi connectivity index (χ3n) is 4.75. The van der Waals surface area contributed by atoms with E-state index < -0.39 is 32.2 Å². The van der Waals surface area contributed by atoms with E-state index in [9.17, 15) is 31.2 Å². The average molecular weight is 465 g/mol. The molecular formula is C19H14F3N5O4S. The second-order valence-corrected chi connectivity index (χ2v) is 8.71. The summed E-state index contributed by atoms with van der Waals surface area (Å²) >= 11 is 0. The first-order valence-electron chi connectivity index (χ1n) is 9.06. The van der Waals surface area contributed by atoms with E-state index in [2.05, 4.69) is 10.1 Å². The lowest BCUT2D eigenvalue weighted by Gasteiger charge is -2.19. The molecule has 2 aromatic heterocycles. The number of urea groups is 1. The van der Waals surface area contributed by atoms with Crippen molar-refractivity contribution >= 4 is 27.5 Å². The number of carbonyl (C=O) groups is 2. The molecule has 0 saturated carbocycles. The lowest BCUT2D eigenvalue weighted by atomic mass is 10.2. The maximum Gasteiger partial charge on any atom is 0.501 e. The number of pyridine rings is 1.